The molecule has 21 heavy (non-hydrogen) atoms. The molecule has 10 heteroatoms. The van der Waals surface area contributed by atoms with Gasteiger partial charge in [0, 0.05) is 12.4 Å². The highest BCUT2D eigenvalue weighted by Gasteiger charge is 2.41. The molecule has 0 bridgehead atoms. The van der Waals surface area contributed by atoms with E-state index in [0.29, 0.717) is 0 Å². The van der Waals surface area contributed by atoms with E-state index in [0.717, 1.165) is 12.4 Å². The minimum Gasteiger partial charge on any atom is -0.394 e. The van der Waals surface area contributed by atoms with Gasteiger partial charge in [-0.15, -0.1) is 0 Å². The van der Waals surface area contributed by atoms with Crippen LogP contribution in [0.4, 0.5) is 19.0 Å². The first-order valence-electron chi connectivity index (χ1n) is 6.08. The number of hydrogen-bond donors (Lipinski definition) is 4. The van der Waals surface area contributed by atoms with E-state index in [9.17, 15) is 23.4 Å². The second-order valence-electron chi connectivity index (χ2n) is 4.54. The Balaban J connectivity index is 2.16. The maximum Gasteiger partial charge on any atom is 0.437 e. The van der Waals surface area contributed by atoms with Crippen molar-refractivity contribution >= 4 is 5.82 Å². The minimum absolute atomic E-state index is 0.197. The maximum atomic E-state index is 12.8. The summed E-state index contributed by atoms with van der Waals surface area (Å²) >= 11 is 0. The van der Waals surface area contributed by atoms with E-state index in [1.807, 2.05) is 0 Å². The molecule has 0 unspecified atom stereocenters. The topological polar surface area (TPSA) is 108 Å². The number of aliphatic hydroxyl groups is 3. The van der Waals surface area contributed by atoms with Crippen molar-refractivity contribution in [1.29, 1.82) is 0 Å². The molecule has 0 saturated carbocycles. The van der Waals surface area contributed by atoms with Crippen molar-refractivity contribution in [2.75, 3.05) is 18.5 Å². The standard InChI is InChI=1S/C11H14F3N3O4/c12-11(13,14)9-10(16-2-1-15-9)17-5-4-21-6(3-18)8(20)7(5)19/h1-2,5-8,18-20H,3-4H2,(H,16,17)/t5-,6+,7+,8-/m0/s1. The van der Waals surface area contributed by atoms with Crippen molar-refractivity contribution in [2.45, 2.75) is 30.5 Å². The van der Waals surface area contributed by atoms with Crippen LogP contribution in [0, 0.1) is 0 Å². The molecule has 1 fully saturated rings. The molecule has 1 saturated heterocycles. The van der Waals surface area contributed by atoms with E-state index < -0.39 is 48.6 Å². The third kappa shape index (κ3) is 3.40. The van der Waals surface area contributed by atoms with Gasteiger partial charge in [-0.2, -0.15) is 13.2 Å². The van der Waals surface area contributed by atoms with Gasteiger partial charge in [-0.05, 0) is 0 Å². The number of nitrogens with zero attached hydrogens (tertiary/aromatic N) is 2. The Morgan fingerprint density at radius 1 is 1.24 bits per heavy atom. The molecule has 7 nitrogen and oxygen atoms in total. The number of hydrogen-bond acceptors (Lipinski definition) is 7. The molecule has 0 aliphatic carbocycles. The van der Waals surface area contributed by atoms with Gasteiger partial charge in [-0.25, -0.2) is 9.97 Å². The molecular formula is C11H14F3N3O4. The van der Waals surface area contributed by atoms with E-state index in [1.54, 1.807) is 0 Å². The predicted octanol–water partition coefficient (Wildman–Crippen LogP) is -0.611. The summed E-state index contributed by atoms with van der Waals surface area (Å²) in [7, 11) is 0. The molecule has 118 valence electrons. The Morgan fingerprint density at radius 3 is 2.52 bits per heavy atom. The van der Waals surface area contributed by atoms with Gasteiger partial charge in [-0.3, -0.25) is 0 Å². The number of aromatic nitrogens is 2. The van der Waals surface area contributed by atoms with Gasteiger partial charge in [0.05, 0.1) is 19.3 Å². The smallest absolute Gasteiger partial charge is 0.394 e. The highest BCUT2D eigenvalue weighted by atomic mass is 19.4. The van der Waals surface area contributed by atoms with Gasteiger partial charge in [0.15, 0.2) is 11.5 Å². The van der Waals surface area contributed by atoms with E-state index in [2.05, 4.69) is 15.3 Å². The third-order valence-electron chi connectivity index (χ3n) is 3.10. The molecule has 4 N–H and O–H groups in total. The van der Waals surface area contributed by atoms with Crippen LogP contribution in [0.1, 0.15) is 5.69 Å². The first-order valence-corrected chi connectivity index (χ1v) is 6.08. The number of aliphatic hydroxyl groups excluding tert-OH is 3. The molecule has 2 rings (SSSR count). The molecule has 1 aromatic rings. The van der Waals surface area contributed by atoms with E-state index in [4.69, 9.17) is 9.84 Å². The fourth-order valence-corrected chi connectivity index (χ4v) is 2.00. The highest BCUT2D eigenvalue weighted by molar-refractivity contribution is 5.42. The van der Waals surface area contributed by atoms with Crippen LogP contribution in [0.5, 0.6) is 0 Å². The fourth-order valence-electron chi connectivity index (χ4n) is 2.00. The first-order chi connectivity index (χ1) is 9.84. The number of nitrogens with one attached hydrogen (secondary N) is 1. The number of alkyl halides is 3. The van der Waals surface area contributed by atoms with Crippen molar-refractivity contribution in [3.8, 4) is 0 Å². The highest BCUT2D eigenvalue weighted by Crippen LogP contribution is 2.32. The zero-order chi connectivity index (χ0) is 15.6. The summed E-state index contributed by atoms with van der Waals surface area (Å²) in [5, 5.41) is 30.8. The molecule has 2 heterocycles. The molecule has 0 radical (unpaired) electrons. The van der Waals surface area contributed by atoms with Gasteiger partial charge in [0.25, 0.3) is 0 Å². The van der Waals surface area contributed by atoms with Gasteiger partial charge < -0.3 is 25.4 Å². The van der Waals surface area contributed by atoms with E-state index >= 15 is 0 Å². The SMILES string of the molecule is OC[C@H]1OC[C@H](Nc2nccnc2C(F)(F)F)[C@@H](O)[C@H]1O. The lowest BCUT2D eigenvalue weighted by Gasteiger charge is -2.37. The molecule has 4 atom stereocenters. The van der Waals surface area contributed by atoms with Gasteiger partial charge >= 0.3 is 6.18 Å². The lowest BCUT2D eigenvalue weighted by molar-refractivity contribution is -0.153. The zero-order valence-electron chi connectivity index (χ0n) is 10.7. The summed E-state index contributed by atoms with van der Waals surface area (Å²) in [6.45, 7) is -0.707. The lowest BCUT2D eigenvalue weighted by Crippen LogP contribution is -2.56. The van der Waals surface area contributed by atoms with Crippen LogP contribution < -0.4 is 5.32 Å². The van der Waals surface area contributed by atoms with Crippen LogP contribution in [-0.4, -0.2) is 62.9 Å². The van der Waals surface area contributed by atoms with Crippen LogP contribution in [0.3, 0.4) is 0 Å². The third-order valence-corrected chi connectivity index (χ3v) is 3.10. The number of halogens is 3. The molecule has 1 aromatic heterocycles. The second-order valence-corrected chi connectivity index (χ2v) is 4.54. The monoisotopic (exact) mass is 309 g/mol. The molecule has 1 aliphatic rings. The summed E-state index contributed by atoms with van der Waals surface area (Å²) in [6, 6.07) is -1.01. The summed E-state index contributed by atoms with van der Waals surface area (Å²) in [6.07, 6.45) is -6.56. The van der Waals surface area contributed by atoms with Crippen LogP contribution in [0.25, 0.3) is 0 Å². The molecule has 0 amide bonds. The van der Waals surface area contributed by atoms with Crippen molar-refractivity contribution in [2.24, 2.45) is 0 Å². The summed E-state index contributed by atoms with van der Waals surface area (Å²) < 4.78 is 43.4. The summed E-state index contributed by atoms with van der Waals surface area (Å²) in [4.78, 5) is 6.76. The maximum absolute atomic E-state index is 12.8. The number of anilines is 1. The molecule has 1 aliphatic heterocycles. The lowest BCUT2D eigenvalue weighted by atomic mass is 9.98. The van der Waals surface area contributed by atoms with E-state index in [1.165, 1.54) is 0 Å². The second kappa shape index (κ2) is 6.10. The summed E-state index contributed by atoms with van der Waals surface area (Å²) in [5.74, 6) is -0.563. The van der Waals surface area contributed by atoms with E-state index in [-0.39, 0.29) is 6.61 Å². The average Bonchev–Trinajstić information content (AvgIpc) is 2.44. The fraction of sp³-hybridized carbons (Fsp3) is 0.636. The van der Waals surface area contributed by atoms with Crippen molar-refractivity contribution in [3.63, 3.8) is 0 Å². The minimum atomic E-state index is -4.71. The molecular weight excluding hydrogens is 295 g/mol. The Labute approximate surface area is 117 Å². The van der Waals surface area contributed by atoms with Crippen molar-refractivity contribution in [3.05, 3.63) is 18.1 Å². The normalized spacial score (nSPS) is 30.2. The number of rotatable bonds is 3. The quantitative estimate of drug-likeness (QED) is 0.590. The van der Waals surface area contributed by atoms with Gasteiger partial charge in [0.2, 0.25) is 0 Å². The van der Waals surface area contributed by atoms with Crippen molar-refractivity contribution in [1.82, 2.24) is 9.97 Å². The van der Waals surface area contributed by atoms with Crippen LogP contribution in [-0.2, 0) is 10.9 Å². The first kappa shape index (κ1) is 15.9. The Kier molecular flexibility index (Phi) is 4.61. The van der Waals surface area contributed by atoms with Gasteiger partial charge in [0.1, 0.15) is 18.3 Å². The largest absolute Gasteiger partial charge is 0.437 e. The molecule has 0 spiro atoms. The summed E-state index contributed by atoms with van der Waals surface area (Å²) in [5.41, 5.74) is -1.23. The van der Waals surface area contributed by atoms with Crippen LogP contribution in [0.15, 0.2) is 12.4 Å². The zero-order valence-corrected chi connectivity index (χ0v) is 10.7. The molecule has 0 aromatic carbocycles. The Hall–Kier alpha value is -1.49. The van der Waals surface area contributed by atoms with Crippen molar-refractivity contribution < 1.29 is 33.2 Å². The number of ether oxygens (including phenoxy) is 1. The Bertz CT molecular complexity index is 488. The predicted molar refractivity (Wildman–Crippen MR) is 63.3 cm³/mol. The average molecular weight is 309 g/mol. The van der Waals surface area contributed by atoms with Crippen LogP contribution in [0.2, 0.25) is 0 Å². The van der Waals surface area contributed by atoms with Crippen LogP contribution >= 0.6 is 0 Å². The van der Waals surface area contributed by atoms with Gasteiger partial charge in [-0.1, -0.05) is 0 Å². The Morgan fingerprint density at radius 2 is 1.90 bits per heavy atom.